The third-order valence-corrected chi connectivity index (χ3v) is 9.86. The molecule has 0 spiro atoms. The molecular formula is C34H48N4O6. The third kappa shape index (κ3) is 6.22. The van der Waals surface area contributed by atoms with Crippen molar-refractivity contribution in [3.05, 3.63) is 23.9 Å². The van der Waals surface area contributed by atoms with E-state index in [0.717, 1.165) is 43.3 Å². The Hall–Kier alpha value is -3.43. The fourth-order valence-corrected chi connectivity index (χ4v) is 7.12. The molecular weight excluding hydrogens is 560 g/mol. The second-order valence-corrected chi connectivity index (χ2v) is 14.3. The van der Waals surface area contributed by atoms with Gasteiger partial charge in [-0.15, -0.1) is 0 Å². The van der Waals surface area contributed by atoms with Crippen molar-refractivity contribution < 1.29 is 28.6 Å². The Kier molecular flexibility index (Phi) is 8.84. The van der Waals surface area contributed by atoms with Gasteiger partial charge in [-0.3, -0.25) is 9.59 Å². The lowest BCUT2D eigenvalue weighted by Crippen LogP contribution is -2.57. The standard InChI is InChI=1S/C34H48N4O6/c1-19(2)34-17-22(34)12-10-9-11-13-25-30(36-26-16-23(42-8)14-15-24(26)35-25)43-27-18-38(28(20(27)3)21(4)39)31(40)29(33(5,6)7)37-32(41)44-34/h14-16,19-20,22,27-29H,9-13,17-18H2,1-8H3,(H,37,41)/t20-,22-,27+,28+,29-,34+/m1/s1. The van der Waals surface area contributed by atoms with Crippen molar-refractivity contribution in [1.29, 1.82) is 0 Å². The highest BCUT2D eigenvalue weighted by molar-refractivity contribution is 5.92. The number of amides is 2. The minimum absolute atomic E-state index is 0.132. The van der Waals surface area contributed by atoms with Crippen molar-refractivity contribution in [1.82, 2.24) is 20.2 Å². The number of carbonyl (C=O) groups excluding carboxylic acids is 3. The number of hydrogen-bond donors (Lipinski definition) is 1. The Morgan fingerprint density at radius 1 is 1.14 bits per heavy atom. The first-order valence-corrected chi connectivity index (χ1v) is 16.1. The van der Waals surface area contributed by atoms with Crippen molar-refractivity contribution in [2.24, 2.45) is 23.2 Å². The van der Waals surface area contributed by atoms with Gasteiger partial charge in [-0.25, -0.2) is 14.8 Å². The average Bonchev–Trinajstić information content (AvgIpc) is 3.55. The molecule has 1 aromatic carbocycles. The normalized spacial score (nSPS) is 29.9. The second kappa shape index (κ2) is 12.2. The van der Waals surface area contributed by atoms with Gasteiger partial charge < -0.3 is 24.4 Å². The monoisotopic (exact) mass is 608 g/mol. The van der Waals surface area contributed by atoms with E-state index in [1.807, 2.05) is 45.9 Å². The molecule has 2 aliphatic heterocycles. The van der Waals surface area contributed by atoms with Crippen molar-refractivity contribution in [3.8, 4) is 11.6 Å². The number of rotatable bonds is 3. The number of alkyl carbamates (subject to hydrolysis) is 1. The predicted molar refractivity (Wildman–Crippen MR) is 167 cm³/mol. The first-order chi connectivity index (χ1) is 20.7. The van der Waals surface area contributed by atoms with Crippen LogP contribution in [0.5, 0.6) is 11.6 Å². The molecule has 10 nitrogen and oxygen atoms in total. The van der Waals surface area contributed by atoms with E-state index < -0.39 is 35.3 Å². The summed E-state index contributed by atoms with van der Waals surface area (Å²) in [7, 11) is 1.61. The van der Waals surface area contributed by atoms with Crippen LogP contribution in [0, 0.1) is 23.2 Å². The van der Waals surface area contributed by atoms with Gasteiger partial charge in [0.2, 0.25) is 11.8 Å². The van der Waals surface area contributed by atoms with Gasteiger partial charge in [0.15, 0.2) is 5.78 Å². The number of aryl methyl sites for hydroxylation is 1. The molecule has 0 radical (unpaired) electrons. The molecule has 2 amide bonds. The van der Waals surface area contributed by atoms with E-state index in [1.165, 1.54) is 6.92 Å². The Morgan fingerprint density at radius 2 is 1.89 bits per heavy atom. The van der Waals surface area contributed by atoms with Crippen molar-refractivity contribution in [2.45, 2.75) is 111 Å². The zero-order chi connectivity index (χ0) is 32.0. The van der Waals surface area contributed by atoms with Crippen LogP contribution in [0.2, 0.25) is 0 Å². The predicted octanol–water partition coefficient (Wildman–Crippen LogP) is 5.49. The molecule has 5 rings (SSSR count). The first-order valence-electron chi connectivity index (χ1n) is 16.1. The molecule has 3 aliphatic rings. The fourth-order valence-electron chi connectivity index (χ4n) is 7.12. The van der Waals surface area contributed by atoms with Crippen LogP contribution in [-0.4, -0.2) is 70.1 Å². The van der Waals surface area contributed by atoms with E-state index in [1.54, 1.807) is 12.0 Å². The Morgan fingerprint density at radius 3 is 2.55 bits per heavy atom. The van der Waals surface area contributed by atoms with Gasteiger partial charge in [0.05, 0.1) is 30.7 Å². The third-order valence-electron chi connectivity index (χ3n) is 9.86. The Labute approximate surface area is 260 Å². The SMILES string of the molecule is COc1ccc2nc3c(nc2c1)O[C@H]1CN(C(=O)[C@H](C(C)(C)C)NC(=O)O[C@]2(C(C)C)C[C@H]2CCCCC3)[C@H](C(C)=O)[C@@H]1C. The van der Waals surface area contributed by atoms with Gasteiger partial charge in [0.25, 0.3) is 0 Å². The van der Waals surface area contributed by atoms with Gasteiger partial charge in [-0.2, -0.15) is 0 Å². The van der Waals surface area contributed by atoms with Crippen LogP contribution in [0.1, 0.15) is 86.3 Å². The minimum Gasteiger partial charge on any atom is -0.497 e. The van der Waals surface area contributed by atoms with Gasteiger partial charge in [0.1, 0.15) is 29.2 Å². The van der Waals surface area contributed by atoms with Crippen LogP contribution in [0.15, 0.2) is 18.2 Å². The van der Waals surface area contributed by atoms with Gasteiger partial charge in [-0.05, 0) is 56.1 Å². The summed E-state index contributed by atoms with van der Waals surface area (Å²) in [5.74, 6) is 0.773. The molecule has 2 aromatic rings. The molecule has 2 bridgehead atoms. The molecule has 10 heteroatoms. The number of methoxy groups -OCH3 is 1. The summed E-state index contributed by atoms with van der Waals surface area (Å²) in [6.07, 6.45) is 4.32. The maximum Gasteiger partial charge on any atom is 0.408 e. The van der Waals surface area contributed by atoms with Gasteiger partial charge in [0, 0.05) is 17.9 Å². The highest BCUT2D eigenvalue weighted by Gasteiger charge is 2.59. The lowest BCUT2D eigenvalue weighted by molar-refractivity contribution is -0.141. The number of Topliss-reactive ketones (excluding diaryl/α,β-unsaturated/α-hetero) is 1. The Bertz CT molecular complexity index is 1420. The summed E-state index contributed by atoms with van der Waals surface area (Å²) >= 11 is 0. The molecule has 44 heavy (non-hydrogen) atoms. The highest BCUT2D eigenvalue weighted by atomic mass is 16.6. The summed E-state index contributed by atoms with van der Waals surface area (Å²) in [6, 6.07) is 4.00. The average molecular weight is 609 g/mol. The van der Waals surface area contributed by atoms with E-state index in [9.17, 15) is 14.4 Å². The number of fused-ring (bicyclic) bond motifs is 5. The number of nitrogens with zero attached hydrogens (tertiary/aromatic N) is 3. The summed E-state index contributed by atoms with van der Waals surface area (Å²) < 4.78 is 18.1. The highest BCUT2D eigenvalue weighted by Crippen LogP contribution is 2.55. The van der Waals surface area contributed by atoms with Crippen LogP contribution in [0.25, 0.3) is 11.0 Å². The summed E-state index contributed by atoms with van der Waals surface area (Å²) in [6.45, 7) is 13.5. The summed E-state index contributed by atoms with van der Waals surface area (Å²) in [4.78, 5) is 52.1. The van der Waals surface area contributed by atoms with Crippen LogP contribution < -0.4 is 14.8 Å². The van der Waals surface area contributed by atoms with Crippen molar-refractivity contribution in [3.63, 3.8) is 0 Å². The number of nitrogens with one attached hydrogen (secondary N) is 1. The second-order valence-electron chi connectivity index (χ2n) is 14.3. The van der Waals surface area contributed by atoms with Crippen LogP contribution in [-0.2, 0) is 20.7 Å². The summed E-state index contributed by atoms with van der Waals surface area (Å²) in [5.41, 5.74) is 1.02. The molecule has 1 saturated carbocycles. The molecule has 240 valence electrons. The molecule has 6 atom stereocenters. The van der Waals surface area contributed by atoms with E-state index in [2.05, 4.69) is 19.2 Å². The topological polar surface area (TPSA) is 120 Å². The smallest absolute Gasteiger partial charge is 0.408 e. The molecule has 1 aromatic heterocycles. The molecule has 1 aliphatic carbocycles. The molecule has 1 saturated heterocycles. The van der Waals surface area contributed by atoms with Crippen LogP contribution >= 0.6 is 0 Å². The molecule has 0 unspecified atom stereocenters. The van der Waals surface area contributed by atoms with Crippen LogP contribution in [0.3, 0.4) is 0 Å². The lowest BCUT2D eigenvalue weighted by Gasteiger charge is -2.36. The maximum absolute atomic E-state index is 14.3. The van der Waals surface area contributed by atoms with Gasteiger partial charge in [-0.1, -0.05) is 54.4 Å². The number of carbonyl (C=O) groups is 3. The zero-order valence-electron chi connectivity index (χ0n) is 27.4. The minimum atomic E-state index is -0.897. The number of benzene rings is 1. The van der Waals surface area contributed by atoms with E-state index in [4.69, 9.17) is 24.2 Å². The number of ether oxygens (including phenoxy) is 3. The first kappa shape index (κ1) is 32.0. The van der Waals surface area contributed by atoms with Crippen LogP contribution in [0.4, 0.5) is 4.79 Å². The molecule has 2 fully saturated rings. The summed E-state index contributed by atoms with van der Waals surface area (Å²) in [5, 5.41) is 2.91. The van der Waals surface area contributed by atoms with Crippen molar-refractivity contribution >= 4 is 28.8 Å². The lowest BCUT2D eigenvalue weighted by atomic mass is 9.85. The number of ketones is 1. The maximum atomic E-state index is 14.3. The Balaban J connectivity index is 1.53. The van der Waals surface area contributed by atoms with Gasteiger partial charge >= 0.3 is 6.09 Å². The molecule has 1 N–H and O–H groups in total. The quantitative estimate of drug-likeness (QED) is 0.486. The zero-order valence-corrected chi connectivity index (χ0v) is 27.4. The number of aromatic nitrogens is 2. The molecule has 3 heterocycles. The van der Waals surface area contributed by atoms with E-state index in [0.29, 0.717) is 23.6 Å². The fraction of sp³-hybridized carbons (Fsp3) is 0.676. The number of hydrogen-bond acceptors (Lipinski definition) is 8. The van der Waals surface area contributed by atoms with E-state index >= 15 is 0 Å². The van der Waals surface area contributed by atoms with Crippen molar-refractivity contribution in [2.75, 3.05) is 13.7 Å². The van der Waals surface area contributed by atoms with E-state index in [-0.39, 0.29) is 36.0 Å². The largest absolute Gasteiger partial charge is 0.497 e.